The zero-order valence-corrected chi connectivity index (χ0v) is 16.3. The van der Waals surface area contributed by atoms with Gasteiger partial charge in [0.25, 0.3) is 5.76 Å². The lowest BCUT2D eigenvalue weighted by molar-refractivity contribution is -0.114. The monoisotopic (exact) mass is 415 g/mol. The molecule has 0 unspecified atom stereocenters. The first-order chi connectivity index (χ1) is 12.7. The normalized spacial score (nSPS) is 11.6. The molecule has 10 heteroatoms. The van der Waals surface area contributed by atoms with Gasteiger partial charge >= 0.3 is 0 Å². The fraction of sp³-hybridized carbons (Fsp3) is 0.235. The molecule has 2 aromatic rings. The second kappa shape index (κ2) is 9.16. The molecule has 146 valence electrons. The number of hydrogen-bond donors (Lipinski definition) is 2. The number of nitrogens with zero attached hydrogens (tertiary/aromatic N) is 1. The van der Waals surface area contributed by atoms with E-state index in [9.17, 15) is 22.0 Å². The Morgan fingerprint density at radius 3 is 2.37 bits per heavy atom. The molecular weight excluding hydrogens is 396 g/mol. The molecule has 1 amide bonds. The molecule has 0 saturated heterocycles. The molecule has 2 rings (SSSR count). The van der Waals surface area contributed by atoms with Crippen LogP contribution in [0.3, 0.4) is 0 Å². The highest BCUT2D eigenvalue weighted by atomic mass is 32.2. The zero-order valence-electron chi connectivity index (χ0n) is 14.6. The number of carbonyl (C=O) groups is 1. The van der Waals surface area contributed by atoms with Crippen LogP contribution in [-0.2, 0) is 14.8 Å². The molecule has 0 radical (unpaired) electrons. The lowest BCUT2D eigenvalue weighted by Gasteiger charge is -2.13. The number of alkyl halides is 2. The minimum absolute atomic E-state index is 0.0843. The number of halogens is 2. The van der Waals surface area contributed by atoms with Crippen LogP contribution in [0.5, 0.6) is 0 Å². The largest absolute Gasteiger partial charge is 0.376 e. The lowest BCUT2D eigenvalue weighted by Crippen LogP contribution is -2.23. The number of carbonyl (C=O) groups excluding carboxylic acids is 1. The number of benzene rings is 2. The summed E-state index contributed by atoms with van der Waals surface area (Å²) in [5, 5.41) is 5.49. The van der Waals surface area contributed by atoms with Crippen molar-refractivity contribution in [2.75, 3.05) is 31.3 Å². The van der Waals surface area contributed by atoms with Crippen molar-refractivity contribution in [3.63, 3.8) is 0 Å². The Morgan fingerprint density at radius 2 is 1.78 bits per heavy atom. The van der Waals surface area contributed by atoms with E-state index < -0.39 is 15.8 Å². The molecule has 6 nitrogen and oxygen atoms in total. The Kier molecular flexibility index (Phi) is 7.17. The van der Waals surface area contributed by atoms with Gasteiger partial charge in [-0.2, -0.15) is 8.78 Å². The average Bonchev–Trinajstić information content (AvgIpc) is 2.61. The van der Waals surface area contributed by atoms with Crippen molar-refractivity contribution in [3.05, 3.63) is 48.5 Å². The summed E-state index contributed by atoms with van der Waals surface area (Å²) in [6.07, 6.45) is 0. The number of amides is 1. The molecule has 0 fully saturated rings. The van der Waals surface area contributed by atoms with Crippen LogP contribution in [0.25, 0.3) is 0 Å². The number of hydrogen-bond acceptors (Lipinski definition) is 5. The first-order valence-corrected chi connectivity index (χ1v) is 10.1. The third kappa shape index (κ3) is 6.19. The zero-order chi connectivity index (χ0) is 20.0. The molecule has 0 aromatic heterocycles. The maximum Gasteiger partial charge on any atom is 0.288 e. The molecule has 0 spiro atoms. The van der Waals surface area contributed by atoms with E-state index in [0.717, 1.165) is 4.31 Å². The van der Waals surface area contributed by atoms with E-state index in [-0.39, 0.29) is 17.3 Å². The maximum atomic E-state index is 12.3. The average molecular weight is 415 g/mol. The lowest BCUT2D eigenvalue weighted by atomic mass is 10.3. The van der Waals surface area contributed by atoms with Gasteiger partial charge in [-0.1, -0.05) is 17.8 Å². The highest BCUT2D eigenvalue weighted by molar-refractivity contribution is 7.99. The first kappa shape index (κ1) is 21.1. The van der Waals surface area contributed by atoms with Gasteiger partial charge in [-0.3, -0.25) is 4.79 Å². The predicted octanol–water partition coefficient (Wildman–Crippen LogP) is 3.30. The highest BCUT2D eigenvalue weighted by Crippen LogP contribution is 2.26. The Balaban J connectivity index is 1.94. The van der Waals surface area contributed by atoms with Gasteiger partial charge in [0, 0.05) is 30.4 Å². The van der Waals surface area contributed by atoms with Crippen LogP contribution in [-0.4, -0.2) is 45.0 Å². The Hall–Kier alpha value is -2.17. The topological polar surface area (TPSA) is 78.5 Å². The van der Waals surface area contributed by atoms with Crippen molar-refractivity contribution < 1.29 is 22.0 Å². The van der Waals surface area contributed by atoms with Gasteiger partial charge in [0.15, 0.2) is 0 Å². The summed E-state index contributed by atoms with van der Waals surface area (Å²) >= 11 is 0.428. The van der Waals surface area contributed by atoms with E-state index in [2.05, 4.69) is 10.6 Å². The summed E-state index contributed by atoms with van der Waals surface area (Å²) in [6, 6.07) is 12.2. The first-order valence-electron chi connectivity index (χ1n) is 7.79. The fourth-order valence-electron chi connectivity index (χ4n) is 2.08. The number of anilines is 2. The van der Waals surface area contributed by atoms with Crippen LogP contribution < -0.4 is 10.6 Å². The molecule has 2 aromatic carbocycles. The van der Waals surface area contributed by atoms with Crippen LogP contribution >= 0.6 is 11.8 Å². The van der Waals surface area contributed by atoms with E-state index in [4.69, 9.17) is 0 Å². The minimum Gasteiger partial charge on any atom is -0.376 e. The predicted molar refractivity (Wildman–Crippen MR) is 103 cm³/mol. The molecule has 0 aliphatic carbocycles. The standard InChI is InChI=1S/C17H19F2N3O3S2/c1-22(2)27(24,25)15-5-3-4-13(10-15)20-11-16(23)21-12-6-8-14(9-7-12)26-17(18)19/h3-10,17,20H,11H2,1-2H3,(H,21,23). The number of nitrogens with one attached hydrogen (secondary N) is 2. The van der Waals surface area contributed by atoms with Gasteiger partial charge in [-0.25, -0.2) is 12.7 Å². The second-order valence-electron chi connectivity index (χ2n) is 5.62. The smallest absolute Gasteiger partial charge is 0.288 e. The van der Waals surface area contributed by atoms with E-state index in [1.807, 2.05) is 0 Å². The number of sulfonamides is 1. The summed E-state index contributed by atoms with van der Waals surface area (Å²) in [5.74, 6) is -2.85. The van der Waals surface area contributed by atoms with Crippen LogP contribution in [0.2, 0.25) is 0 Å². The molecule has 0 heterocycles. The SMILES string of the molecule is CN(C)S(=O)(=O)c1cccc(NCC(=O)Nc2ccc(SC(F)F)cc2)c1. The van der Waals surface area contributed by atoms with Crippen molar-refractivity contribution in [2.24, 2.45) is 0 Å². The molecule has 0 atom stereocenters. The Labute approximate surface area is 161 Å². The van der Waals surface area contributed by atoms with E-state index in [1.165, 1.54) is 50.5 Å². The van der Waals surface area contributed by atoms with Gasteiger partial charge in [0.2, 0.25) is 15.9 Å². The van der Waals surface area contributed by atoms with Gasteiger partial charge in [0.05, 0.1) is 11.4 Å². The van der Waals surface area contributed by atoms with E-state index >= 15 is 0 Å². The second-order valence-corrected chi connectivity index (χ2v) is 8.84. The van der Waals surface area contributed by atoms with Crippen molar-refractivity contribution in [1.82, 2.24) is 4.31 Å². The molecule has 0 bridgehead atoms. The van der Waals surface area contributed by atoms with Crippen molar-refractivity contribution in [3.8, 4) is 0 Å². The van der Waals surface area contributed by atoms with Crippen LogP contribution in [0.1, 0.15) is 0 Å². The highest BCUT2D eigenvalue weighted by Gasteiger charge is 2.17. The van der Waals surface area contributed by atoms with E-state index in [0.29, 0.717) is 28.0 Å². The Morgan fingerprint density at radius 1 is 1.11 bits per heavy atom. The molecule has 0 saturated carbocycles. The summed E-state index contributed by atoms with van der Waals surface area (Å²) < 4.78 is 49.9. The number of rotatable bonds is 8. The van der Waals surface area contributed by atoms with Crippen LogP contribution in [0.15, 0.2) is 58.3 Å². The van der Waals surface area contributed by atoms with Crippen LogP contribution in [0.4, 0.5) is 20.2 Å². The van der Waals surface area contributed by atoms with Crippen molar-refractivity contribution >= 4 is 39.1 Å². The fourth-order valence-corrected chi connectivity index (χ4v) is 3.53. The van der Waals surface area contributed by atoms with Crippen LogP contribution in [0, 0.1) is 0 Å². The van der Waals surface area contributed by atoms with Gasteiger partial charge in [-0.15, -0.1) is 0 Å². The van der Waals surface area contributed by atoms with Gasteiger partial charge in [0.1, 0.15) is 0 Å². The molecule has 2 N–H and O–H groups in total. The third-order valence-electron chi connectivity index (χ3n) is 3.43. The molecule has 0 aliphatic heterocycles. The molecule has 0 aliphatic rings. The van der Waals surface area contributed by atoms with Gasteiger partial charge in [-0.05, 0) is 42.5 Å². The van der Waals surface area contributed by atoms with Crippen molar-refractivity contribution in [2.45, 2.75) is 15.5 Å². The van der Waals surface area contributed by atoms with E-state index in [1.54, 1.807) is 12.1 Å². The third-order valence-corrected chi connectivity index (χ3v) is 5.96. The maximum absolute atomic E-state index is 12.3. The molecule has 27 heavy (non-hydrogen) atoms. The number of thioether (sulfide) groups is 1. The summed E-state index contributed by atoms with van der Waals surface area (Å²) in [6.45, 7) is -0.0843. The molecular formula is C17H19F2N3O3S2. The quantitative estimate of drug-likeness (QED) is 0.647. The summed E-state index contributed by atoms with van der Waals surface area (Å²) in [4.78, 5) is 12.5. The van der Waals surface area contributed by atoms with Crippen molar-refractivity contribution in [1.29, 1.82) is 0 Å². The minimum atomic E-state index is -3.56. The van der Waals surface area contributed by atoms with Gasteiger partial charge < -0.3 is 10.6 Å². The summed E-state index contributed by atoms with van der Waals surface area (Å²) in [5.41, 5.74) is 0.959. The Bertz CT molecular complexity index is 889. The summed E-state index contributed by atoms with van der Waals surface area (Å²) in [7, 11) is -0.685.